The molecule has 4 heteroatoms. The zero-order valence-electron chi connectivity index (χ0n) is 28.0. The van der Waals surface area contributed by atoms with E-state index in [9.17, 15) is 0 Å². The van der Waals surface area contributed by atoms with E-state index in [2.05, 4.69) is 163 Å². The van der Waals surface area contributed by atoms with Crippen molar-refractivity contribution in [3.63, 3.8) is 0 Å². The van der Waals surface area contributed by atoms with Crippen LogP contribution in [0.4, 0.5) is 17.1 Å². The zero-order valence-corrected chi connectivity index (χ0v) is 29.0. The number of hydrogen-bond donors (Lipinski definition) is 0. The summed E-state index contributed by atoms with van der Waals surface area (Å²) in [5.74, 6) is 3.17. The van der Waals surface area contributed by atoms with E-state index in [0.717, 1.165) is 11.5 Å². The summed E-state index contributed by atoms with van der Waals surface area (Å²) >= 11 is 0. The van der Waals surface area contributed by atoms with Gasteiger partial charge in [-0.1, -0.05) is 127 Å². The first-order chi connectivity index (χ1) is 21.6. The van der Waals surface area contributed by atoms with Crippen LogP contribution < -0.4 is 36.4 Å². The van der Waals surface area contributed by atoms with E-state index in [4.69, 9.17) is 4.74 Å². The SMILES string of the molecule is CC(C)c1cc(C(C)C)c(B2c3ccccc3Oc3ccc(N4c5ccccc5[Si](C)(C)c5ccccc54)cc32)c(C(C)C)c1. The topological polar surface area (TPSA) is 12.5 Å². The highest BCUT2D eigenvalue weighted by atomic mass is 28.3. The second-order valence-corrected chi connectivity index (χ2v) is 18.7. The lowest BCUT2D eigenvalue weighted by Crippen LogP contribution is -2.59. The highest BCUT2D eigenvalue weighted by molar-refractivity contribution is 7.02. The van der Waals surface area contributed by atoms with Gasteiger partial charge in [0.1, 0.15) is 19.6 Å². The Morgan fingerprint density at radius 3 is 1.69 bits per heavy atom. The number of ether oxygens (including phenoxy) is 1. The molecule has 0 bridgehead atoms. The molecule has 226 valence electrons. The fraction of sp³-hybridized carbons (Fsp3) is 0.268. The number of fused-ring (bicyclic) bond motifs is 4. The number of benzene rings is 5. The minimum atomic E-state index is -1.87. The van der Waals surface area contributed by atoms with E-state index in [1.54, 1.807) is 0 Å². The predicted octanol–water partition coefficient (Wildman–Crippen LogP) is 8.28. The number of anilines is 3. The maximum atomic E-state index is 6.69. The number of para-hydroxylation sites is 3. The molecule has 5 aromatic rings. The van der Waals surface area contributed by atoms with Crippen molar-refractivity contribution in [1.82, 2.24) is 0 Å². The smallest absolute Gasteiger partial charge is 0.251 e. The fourth-order valence-electron chi connectivity index (χ4n) is 7.69. The highest BCUT2D eigenvalue weighted by Crippen LogP contribution is 2.39. The minimum Gasteiger partial charge on any atom is -0.458 e. The van der Waals surface area contributed by atoms with E-state index < -0.39 is 8.07 Å². The molecule has 5 aromatic carbocycles. The maximum Gasteiger partial charge on any atom is 0.251 e. The van der Waals surface area contributed by atoms with Gasteiger partial charge in [-0.05, 0) is 92.1 Å². The van der Waals surface area contributed by atoms with Crippen LogP contribution in [0.3, 0.4) is 0 Å². The molecular weight excluding hydrogens is 561 g/mol. The summed E-state index contributed by atoms with van der Waals surface area (Å²) in [5.41, 5.74) is 12.0. The molecule has 2 aliphatic rings. The van der Waals surface area contributed by atoms with E-state index in [-0.39, 0.29) is 6.71 Å². The van der Waals surface area contributed by atoms with Gasteiger partial charge in [0.25, 0.3) is 6.71 Å². The molecule has 0 unspecified atom stereocenters. The van der Waals surface area contributed by atoms with E-state index in [1.165, 1.54) is 60.5 Å². The Bertz CT molecular complexity index is 1840. The molecule has 2 heterocycles. The molecular formula is C41H44BNOSi. The first kappa shape index (κ1) is 29.7. The quantitative estimate of drug-likeness (QED) is 0.183. The van der Waals surface area contributed by atoms with Crippen LogP contribution in [0, 0.1) is 0 Å². The van der Waals surface area contributed by atoms with Crippen molar-refractivity contribution in [2.75, 3.05) is 4.90 Å². The van der Waals surface area contributed by atoms with Gasteiger partial charge in [-0.25, -0.2) is 0 Å². The molecule has 0 aromatic heterocycles. The van der Waals surface area contributed by atoms with Crippen LogP contribution in [0.5, 0.6) is 11.5 Å². The molecule has 0 atom stereocenters. The molecule has 0 spiro atoms. The molecule has 0 aliphatic carbocycles. The Labute approximate surface area is 271 Å². The lowest BCUT2D eigenvalue weighted by atomic mass is 9.34. The van der Waals surface area contributed by atoms with Gasteiger partial charge in [0.15, 0.2) is 0 Å². The summed E-state index contributed by atoms with van der Waals surface area (Å²) in [6.45, 7) is 19.1. The van der Waals surface area contributed by atoms with Gasteiger partial charge in [-0.15, -0.1) is 0 Å². The third-order valence-corrected chi connectivity index (χ3v) is 13.7. The molecule has 0 saturated heterocycles. The predicted molar refractivity (Wildman–Crippen MR) is 198 cm³/mol. The first-order valence-corrected chi connectivity index (χ1v) is 19.7. The average Bonchev–Trinajstić information content (AvgIpc) is 3.03. The van der Waals surface area contributed by atoms with Crippen molar-refractivity contribution in [2.45, 2.75) is 72.4 Å². The Balaban J connectivity index is 1.51. The molecule has 7 rings (SSSR count). The van der Waals surface area contributed by atoms with Gasteiger partial charge in [-0.3, -0.25) is 0 Å². The monoisotopic (exact) mass is 605 g/mol. The molecule has 0 N–H and O–H groups in total. The summed E-state index contributed by atoms with van der Waals surface area (Å²) in [5, 5.41) is 2.96. The van der Waals surface area contributed by atoms with Gasteiger partial charge in [0, 0.05) is 17.1 Å². The summed E-state index contributed by atoms with van der Waals surface area (Å²) in [6.07, 6.45) is 0. The van der Waals surface area contributed by atoms with Crippen LogP contribution in [-0.2, 0) is 0 Å². The molecule has 0 amide bonds. The van der Waals surface area contributed by atoms with Crippen LogP contribution in [0.2, 0.25) is 13.1 Å². The second-order valence-electron chi connectivity index (χ2n) is 14.4. The molecule has 0 fully saturated rings. The Kier molecular flexibility index (Phi) is 7.32. The largest absolute Gasteiger partial charge is 0.458 e. The van der Waals surface area contributed by atoms with Crippen molar-refractivity contribution in [3.05, 3.63) is 120 Å². The van der Waals surface area contributed by atoms with Gasteiger partial charge < -0.3 is 9.64 Å². The number of hydrogen-bond acceptors (Lipinski definition) is 2. The van der Waals surface area contributed by atoms with Crippen molar-refractivity contribution >= 4 is 58.6 Å². The summed E-state index contributed by atoms with van der Waals surface area (Å²) in [7, 11) is -1.87. The molecule has 2 aliphatic heterocycles. The molecule has 0 saturated carbocycles. The van der Waals surface area contributed by atoms with E-state index in [0.29, 0.717) is 17.8 Å². The Morgan fingerprint density at radius 1 is 0.578 bits per heavy atom. The highest BCUT2D eigenvalue weighted by Gasteiger charge is 2.40. The van der Waals surface area contributed by atoms with Gasteiger partial charge in [0.2, 0.25) is 0 Å². The van der Waals surface area contributed by atoms with Gasteiger partial charge in [0.05, 0.1) is 0 Å². The van der Waals surface area contributed by atoms with Crippen LogP contribution in [0.25, 0.3) is 0 Å². The zero-order chi connectivity index (χ0) is 31.6. The van der Waals surface area contributed by atoms with Crippen molar-refractivity contribution in [2.24, 2.45) is 0 Å². The van der Waals surface area contributed by atoms with Crippen LogP contribution in [-0.4, -0.2) is 14.8 Å². The summed E-state index contributed by atoms with van der Waals surface area (Å²) in [6, 6.07) is 38.6. The number of nitrogens with zero attached hydrogens (tertiary/aromatic N) is 1. The second kappa shape index (κ2) is 11.1. The molecule has 45 heavy (non-hydrogen) atoms. The van der Waals surface area contributed by atoms with Gasteiger partial charge in [-0.2, -0.15) is 0 Å². The lowest BCUT2D eigenvalue weighted by molar-refractivity contribution is 0.487. The standard InChI is InChI=1S/C41H44BNOSi/c1-26(2)29-23-31(27(3)4)41(32(24-29)28(5)6)42-33-15-9-12-18-37(33)44-38-22-21-30(25-34(38)42)43-35-16-10-13-19-39(35)45(7,8)40-20-14-11-17-36(40)43/h9-28H,1-8H3. The average molecular weight is 606 g/mol. The van der Waals surface area contributed by atoms with Gasteiger partial charge >= 0.3 is 0 Å². The maximum absolute atomic E-state index is 6.69. The van der Waals surface area contributed by atoms with Crippen molar-refractivity contribution < 1.29 is 4.74 Å². The first-order valence-electron chi connectivity index (χ1n) is 16.7. The fourth-order valence-corrected chi connectivity index (χ4v) is 10.7. The van der Waals surface area contributed by atoms with E-state index in [1.807, 2.05) is 0 Å². The lowest BCUT2D eigenvalue weighted by Gasteiger charge is -2.41. The number of rotatable bonds is 5. The van der Waals surface area contributed by atoms with Crippen LogP contribution >= 0.6 is 0 Å². The molecule has 2 nitrogen and oxygen atoms in total. The van der Waals surface area contributed by atoms with Crippen LogP contribution in [0.15, 0.2) is 103 Å². The summed E-state index contributed by atoms with van der Waals surface area (Å²) in [4.78, 5) is 2.50. The summed E-state index contributed by atoms with van der Waals surface area (Å²) < 4.78 is 6.69. The van der Waals surface area contributed by atoms with E-state index >= 15 is 0 Å². The third-order valence-electron chi connectivity index (χ3n) is 10.1. The van der Waals surface area contributed by atoms with Crippen LogP contribution in [0.1, 0.15) is 76.0 Å². The Morgan fingerprint density at radius 2 is 1.11 bits per heavy atom. The van der Waals surface area contributed by atoms with Crippen molar-refractivity contribution in [1.29, 1.82) is 0 Å². The molecule has 0 radical (unpaired) electrons. The normalized spacial score (nSPS) is 14.6. The minimum absolute atomic E-state index is 0.0713. The third kappa shape index (κ3) is 4.77. The van der Waals surface area contributed by atoms with Crippen molar-refractivity contribution in [3.8, 4) is 11.5 Å². The Hall–Kier alpha value is -4.02.